The van der Waals surface area contributed by atoms with E-state index >= 15 is 0 Å². The molecule has 36 heavy (non-hydrogen) atoms. The maximum Gasteiger partial charge on any atom is 0.252 e. The van der Waals surface area contributed by atoms with Crippen molar-refractivity contribution in [3.8, 4) is 0 Å². The first kappa shape index (κ1) is 25.2. The van der Waals surface area contributed by atoms with Crippen LogP contribution in [0.15, 0.2) is 24.3 Å². The zero-order valence-corrected chi connectivity index (χ0v) is 21.6. The molecule has 9 heteroatoms. The van der Waals surface area contributed by atoms with E-state index in [4.69, 9.17) is 14.2 Å². The predicted octanol–water partition coefficient (Wildman–Crippen LogP) is 2.02. The summed E-state index contributed by atoms with van der Waals surface area (Å²) >= 11 is 0. The summed E-state index contributed by atoms with van der Waals surface area (Å²) in [5.74, 6) is -1.33. The van der Waals surface area contributed by atoms with Crippen LogP contribution in [0.1, 0.15) is 52.5 Å². The molecule has 5 rings (SSSR count). The largest absolute Gasteiger partial charge is 0.356 e. The highest BCUT2D eigenvalue weighted by Crippen LogP contribution is 2.35. The topological polar surface area (TPSA) is 101 Å². The highest BCUT2D eigenvalue weighted by molar-refractivity contribution is 6.02. The summed E-state index contributed by atoms with van der Waals surface area (Å²) in [5.41, 5.74) is 2.09. The normalized spacial score (nSPS) is 30.1. The molecular weight excluding hydrogens is 462 g/mol. The van der Waals surface area contributed by atoms with Crippen LogP contribution in [0.5, 0.6) is 0 Å². The number of amides is 3. The summed E-state index contributed by atoms with van der Waals surface area (Å²) in [6.07, 6.45) is 1.58. The molecular formula is C27H37N3O6. The number of rotatable bonds is 7. The van der Waals surface area contributed by atoms with Crippen molar-refractivity contribution in [1.29, 1.82) is 0 Å². The van der Waals surface area contributed by atoms with E-state index in [2.05, 4.69) is 5.32 Å². The Morgan fingerprint density at radius 2 is 1.97 bits per heavy atom. The smallest absolute Gasteiger partial charge is 0.252 e. The quantitative estimate of drug-likeness (QED) is 0.576. The molecule has 0 bridgehead atoms. The van der Waals surface area contributed by atoms with Gasteiger partial charge in [-0.2, -0.15) is 0 Å². The van der Waals surface area contributed by atoms with Crippen LogP contribution in [0.3, 0.4) is 0 Å². The third-order valence-electron chi connectivity index (χ3n) is 7.93. The van der Waals surface area contributed by atoms with Gasteiger partial charge in [0, 0.05) is 18.8 Å². The molecule has 0 aliphatic carbocycles. The second kappa shape index (κ2) is 9.76. The van der Waals surface area contributed by atoms with Gasteiger partial charge in [0.05, 0.1) is 6.61 Å². The fourth-order valence-corrected chi connectivity index (χ4v) is 5.63. The Labute approximate surface area is 212 Å². The number of para-hydroxylation sites is 1. The van der Waals surface area contributed by atoms with Crippen molar-refractivity contribution in [3.05, 3.63) is 29.8 Å². The molecule has 9 nitrogen and oxygen atoms in total. The van der Waals surface area contributed by atoms with Crippen molar-refractivity contribution >= 4 is 23.4 Å². The molecule has 6 atom stereocenters. The lowest BCUT2D eigenvalue weighted by Gasteiger charge is -2.33. The number of likely N-dealkylation sites (tertiary alicyclic amines) is 1. The van der Waals surface area contributed by atoms with Gasteiger partial charge in [-0.05, 0) is 50.7 Å². The van der Waals surface area contributed by atoms with Gasteiger partial charge >= 0.3 is 0 Å². The van der Waals surface area contributed by atoms with E-state index in [0.29, 0.717) is 32.5 Å². The number of carbonyl (C=O) groups excluding carboxylic acids is 3. The summed E-state index contributed by atoms with van der Waals surface area (Å²) in [4.78, 5) is 43.9. The molecule has 0 saturated carbocycles. The molecule has 4 heterocycles. The number of nitrogens with one attached hydrogen (secondary N) is 1. The van der Waals surface area contributed by atoms with Gasteiger partial charge in [-0.1, -0.05) is 38.5 Å². The van der Waals surface area contributed by atoms with Gasteiger partial charge in [-0.15, -0.1) is 0 Å². The van der Waals surface area contributed by atoms with E-state index in [0.717, 1.165) is 24.1 Å². The van der Waals surface area contributed by atoms with E-state index in [-0.39, 0.29) is 35.8 Å². The third-order valence-corrected chi connectivity index (χ3v) is 7.93. The van der Waals surface area contributed by atoms with Crippen LogP contribution in [0.4, 0.5) is 5.69 Å². The summed E-state index contributed by atoms with van der Waals surface area (Å²) < 4.78 is 17.1. The standard InChI is InChI=1S/C27H37N3O6/c1-5-16(2)21(28-24(31)23-22(35-23)20-15-34-27(3,4)36-20)26(33)29-13-8-11-19(29)25(32)30-14-12-17-9-6-7-10-18(17)30/h6-7,9-10,16,19-23H,5,8,11-15H2,1-4H3,(H,28,31)/t16?,19-,20+,21-,22+,23-/m0/s1. The van der Waals surface area contributed by atoms with Gasteiger partial charge in [0.2, 0.25) is 11.8 Å². The van der Waals surface area contributed by atoms with Gasteiger partial charge in [0.1, 0.15) is 24.3 Å². The Morgan fingerprint density at radius 1 is 1.19 bits per heavy atom. The number of hydrogen-bond acceptors (Lipinski definition) is 6. The fraction of sp³-hybridized carbons (Fsp3) is 0.667. The minimum Gasteiger partial charge on any atom is -0.356 e. The predicted molar refractivity (Wildman–Crippen MR) is 132 cm³/mol. The van der Waals surface area contributed by atoms with Crippen molar-refractivity contribution in [1.82, 2.24) is 10.2 Å². The number of ether oxygens (including phenoxy) is 3. The van der Waals surface area contributed by atoms with Crippen LogP contribution in [-0.2, 0) is 35.0 Å². The lowest BCUT2D eigenvalue weighted by molar-refractivity contribution is -0.142. The van der Waals surface area contributed by atoms with E-state index in [9.17, 15) is 14.4 Å². The van der Waals surface area contributed by atoms with Crippen LogP contribution in [0.25, 0.3) is 0 Å². The molecule has 0 radical (unpaired) electrons. The second-order valence-electron chi connectivity index (χ2n) is 10.8. The van der Waals surface area contributed by atoms with Crippen LogP contribution in [0, 0.1) is 5.92 Å². The Balaban J connectivity index is 1.25. The number of carbonyl (C=O) groups is 3. The van der Waals surface area contributed by atoms with Gasteiger partial charge in [0.25, 0.3) is 5.91 Å². The van der Waals surface area contributed by atoms with Gasteiger partial charge < -0.3 is 29.3 Å². The minimum absolute atomic E-state index is 0.0355. The third kappa shape index (κ3) is 4.76. The summed E-state index contributed by atoms with van der Waals surface area (Å²) in [5, 5.41) is 2.95. The zero-order valence-electron chi connectivity index (χ0n) is 21.6. The van der Waals surface area contributed by atoms with Crippen LogP contribution in [0.2, 0.25) is 0 Å². The highest BCUT2D eigenvalue weighted by atomic mass is 16.8. The van der Waals surface area contributed by atoms with Crippen LogP contribution < -0.4 is 10.2 Å². The molecule has 3 saturated heterocycles. The van der Waals surface area contributed by atoms with Gasteiger partial charge in [-0.25, -0.2) is 0 Å². The maximum absolute atomic E-state index is 13.8. The molecule has 1 unspecified atom stereocenters. The lowest BCUT2D eigenvalue weighted by atomic mass is 9.97. The summed E-state index contributed by atoms with van der Waals surface area (Å²) in [6.45, 7) is 9.12. The molecule has 3 amide bonds. The number of fused-ring (bicyclic) bond motifs is 1. The number of anilines is 1. The van der Waals surface area contributed by atoms with E-state index < -0.39 is 24.0 Å². The summed E-state index contributed by atoms with van der Waals surface area (Å²) in [6, 6.07) is 6.71. The average Bonchev–Trinajstić information content (AvgIpc) is 3.19. The Hall–Kier alpha value is -2.49. The molecule has 0 spiro atoms. The first-order valence-corrected chi connectivity index (χ1v) is 13.2. The molecule has 4 aliphatic heterocycles. The molecule has 196 valence electrons. The number of benzene rings is 1. The minimum atomic E-state index is -0.719. The molecule has 3 fully saturated rings. The van der Waals surface area contributed by atoms with Gasteiger partial charge in [0.15, 0.2) is 11.9 Å². The summed E-state index contributed by atoms with van der Waals surface area (Å²) in [7, 11) is 0. The van der Waals surface area contributed by atoms with Gasteiger partial charge in [-0.3, -0.25) is 14.4 Å². The lowest BCUT2D eigenvalue weighted by Crippen LogP contribution is -2.56. The Morgan fingerprint density at radius 3 is 2.69 bits per heavy atom. The fourth-order valence-electron chi connectivity index (χ4n) is 5.63. The maximum atomic E-state index is 13.8. The van der Waals surface area contributed by atoms with Crippen molar-refractivity contribution in [2.24, 2.45) is 5.92 Å². The second-order valence-corrected chi connectivity index (χ2v) is 10.8. The molecule has 4 aliphatic rings. The Kier molecular flexibility index (Phi) is 6.82. The van der Waals surface area contributed by atoms with Crippen LogP contribution >= 0.6 is 0 Å². The number of nitrogens with zero attached hydrogens (tertiary/aromatic N) is 2. The van der Waals surface area contributed by atoms with E-state index in [1.807, 2.05) is 56.9 Å². The number of hydrogen-bond donors (Lipinski definition) is 1. The van der Waals surface area contributed by atoms with Crippen LogP contribution in [-0.4, -0.2) is 78.5 Å². The Bertz CT molecular complexity index is 1030. The van der Waals surface area contributed by atoms with Crippen molar-refractivity contribution < 1.29 is 28.6 Å². The first-order valence-electron chi connectivity index (χ1n) is 13.2. The molecule has 0 aromatic heterocycles. The zero-order chi connectivity index (χ0) is 25.6. The van der Waals surface area contributed by atoms with E-state index in [1.54, 1.807) is 4.90 Å². The highest BCUT2D eigenvalue weighted by Gasteiger charge is 2.55. The first-order chi connectivity index (χ1) is 17.2. The van der Waals surface area contributed by atoms with Crippen molar-refractivity contribution in [3.63, 3.8) is 0 Å². The monoisotopic (exact) mass is 499 g/mol. The van der Waals surface area contributed by atoms with E-state index in [1.165, 1.54) is 0 Å². The SMILES string of the molecule is CCC(C)[C@H](NC(=O)[C@H]1O[C@@H]1[C@H]1COC(C)(C)O1)C(=O)N1CCC[C@H]1C(=O)N1CCc2ccccc21. The van der Waals surface area contributed by atoms with Crippen molar-refractivity contribution in [2.75, 3.05) is 24.6 Å². The molecule has 1 aromatic carbocycles. The van der Waals surface area contributed by atoms with Crippen molar-refractivity contribution in [2.45, 2.75) is 89.6 Å². The molecule has 1 aromatic rings. The molecule has 1 N–H and O–H groups in total. The average molecular weight is 500 g/mol. The number of epoxide rings is 1.